The number of hydrogen-bond acceptors (Lipinski definition) is 3. The Morgan fingerprint density at radius 1 is 1.50 bits per heavy atom. The molecule has 0 saturated heterocycles. The van der Waals surface area contributed by atoms with E-state index >= 15 is 0 Å². The number of aromatic nitrogens is 1. The van der Waals surface area contributed by atoms with Gasteiger partial charge in [-0.25, -0.2) is 0 Å². The van der Waals surface area contributed by atoms with Crippen molar-refractivity contribution in [1.29, 1.82) is 0 Å². The molecule has 0 unspecified atom stereocenters. The molecule has 1 aromatic rings. The van der Waals surface area contributed by atoms with E-state index in [1.165, 1.54) is 6.07 Å². The molecule has 0 aromatic carbocycles. The monoisotopic (exact) mass is 195 g/mol. The first-order valence-electron chi connectivity index (χ1n) is 4.70. The number of pyridine rings is 1. The van der Waals surface area contributed by atoms with Crippen LogP contribution in [0.25, 0.3) is 0 Å². The highest BCUT2D eigenvalue weighted by Gasteiger charge is 1.95. The number of hydrogen-bond donors (Lipinski definition) is 1. The zero-order chi connectivity index (χ0) is 10.6. The van der Waals surface area contributed by atoms with Crippen molar-refractivity contribution in [2.45, 2.75) is 13.0 Å². The maximum absolute atomic E-state index is 11.0. The summed E-state index contributed by atoms with van der Waals surface area (Å²) in [5.74, 6) is 0. The summed E-state index contributed by atoms with van der Waals surface area (Å²) < 4.78 is 1.94. The molecule has 0 aliphatic heterocycles. The van der Waals surface area contributed by atoms with E-state index in [0.717, 1.165) is 19.5 Å². The molecule has 4 heteroatoms. The van der Waals surface area contributed by atoms with E-state index in [-0.39, 0.29) is 5.43 Å². The van der Waals surface area contributed by atoms with Crippen LogP contribution in [0, 0.1) is 0 Å². The van der Waals surface area contributed by atoms with Crippen molar-refractivity contribution < 1.29 is 0 Å². The lowest BCUT2D eigenvalue weighted by atomic mass is 10.3. The highest BCUT2D eigenvalue weighted by molar-refractivity contribution is 5.33. The number of rotatable bonds is 4. The smallest absolute Gasteiger partial charge is 0.204 e. The highest BCUT2D eigenvalue weighted by Crippen LogP contribution is 1.95. The van der Waals surface area contributed by atoms with Crippen LogP contribution in [0.1, 0.15) is 6.42 Å². The maximum atomic E-state index is 11.0. The van der Waals surface area contributed by atoms with Crippen LogP contribution in [0.3, 0.4) is 0 Å². The first kappa shape index (κ1) is 10.8. The van der Waals surface area contributed by atoms with Crippen molar-refractivity contribution in [1.82, 2.24) is 9.47 Å². The molecule has 0 saturated carbocycles. The minimum absolute atomic E-state index is 0.103. The van der Waals surface area contributed by atoms with Crippen molar-refractivity contribution >= 4 is 5.69 Å². The van der Waals surface area contributed by atoms with Gasteiger partial charge in [-0.2, -0.15) is 0 Å². The number of nitrogen functional groups attached to an aromatic ring is 1. The lowest BCUT2D eigenvalue weighted by molar-refractivity contribution is 0.386. The Bertz CT molecular complexity index is 343. The number of nitrogens with zero attached hydrogens (tertiary/aromatic N) is 2. The first-order chi connectivity index (χ1) is 6.59. The van der Waals surface area contributed by atoms with Gasteiger partial charge in [-0.1, -0.05) is 0 Å². The van der Waals surface area contributed by atoms with Gasteiger partial charge in [-0.3, -0.25) is 4.79 Å². The molecule has 0 fully saturated rings. The van der Waals surface area contributed by atoms with Crippen LogP contribution >= 0.6 is 0 Å². The number of anilines is 1. The molecule has 0 spiro atoms. The van der Waals surface area contributed by atoms with Gasteiger partial charge in [0.25, 0.3) is 0 Å². The first-order valence-corrected chi connectivity index (χ1v) is 4.70. The molecule has 4 nitrogen and oxygen atoms in total. The van der Waals surface area contributed by atoms with Gasteiger partial charge in [-0.05, 0) is 27.1 Å². The number of aryl methyl sites for hydroxylation is 1. The van der Waals surface area contributed by atoms with E-state index < -0.39 is 0 Å². The van der Waals surface area contributed by atoms with Gasteiger partial charge in [0.05, 0.1) is 5.69 Å². The summed E-state index contributed by atoms with van der Waals surface area (Å²) in [6, 6.07) is 1.50. The largest absolute Gasteiger partial charge is 0.394 e. The minimum atomic E-state index is -0.103. The van der Waals surface area contributed by atoms with Crippen molar-refractivity contribution in [2.75, 3.05) is 26.4 Å². The third-order valence-electron chi connectivity index (χ3n) is 2.03. The van der Waals surface area contributed by atoms with Crippen molar-refractivity contribution in [3.05, 3.63) is 28.7 Å². The standard InChI is InChI=1S/C10H17N3O/c1-12(2)5-3-6-13-7-4-10(14)9(11)8-13/h4,7-8H,3,5-6,11H2,1-2H3. The summed E-state index contributed by atoms with van der Waals surface area (Å²) in [6.45, 7) is 1.93. The summed E-state index contributed by atoms with van der Waals surface area (Å²) in [4.78, 5) is 13.1. The summed E-state index contributed by atoms with van der Waals surface area (Å²) in [7, 11) is 4.08. The molecule has 0 bridgehead atoms. The fraction of sp³-hybridized carbons (Fsp3) is 0.500. The summed E-state index contributed by atoms with van der Waals surface area (Å²) in [5, 5.41) is 0. The SMILES string of the molecule is CN(C)CCCn1ccc(=O)c(N)c1. The molecular weight excluding hydrogens is 178 g/mol. The van der Waals surface area contributed by atoms with Gasteiger partial charge in [0.15, 0.2) is 0 Å². The van der Waals surface area contributed by atoms with Gasteiger partial charge in [0, 0.05) is 25.0 Å². The predicted octanol–water partition coefficient (Wildman–Crippen LogP) is 0.382. The van der Waals surface area contributed by atoms with Crippen LogP contribution in [0.5, 0.6) is 0 Å². The van der Waals surface area contributed by atoms with Gasteiger partial charge < -0.3 is 15.2 Å². The van der Waals surface area contributed by atoms with E-state index in [0.29, 0.717) is 5.69 Å². The zero-order valence-corrected chi connectivity index (χ0v) is 8.73. The van der Waals surface area contributed by atoms with Gasteiger partial charge in [0.1, 0.15) is 0 Å². The molecule has 2 N–H and O–H groups in total. The quantitative estimate of drug-likeness (QED) is 0.755. The Morgan fingerprint density at radius 3 is 2.79 bits per heavy atom. The topological polar surface area (TPSA) is 51.3 Å². The Balaban J connectivity index is 2.52. The van der Waals surface area contributed by atoms with Crippen molar-refractivity contribution in [2.24, 2.45) is 0 Å². The van der Waals surface area contributed by atoms with Gasteiger partial charge in [0.2, 0.25) is 5.43 Å². The van der Waals surface area contributed by atoms with E-state index in [4.69, 9.17) is 5.73 Å². The molecule has 14 heavy (non-hydrogen) atoms. The van der Waals surface area contributed by atoms with Crippen molar-refractivity contribution in [3.8, 4) is 0 Å². The molecule has 1 rings (SSSR count). The fourth-order valence-corrected chi connectivity index (χ4v) is 1.25. The minimum Gasteiger partial charge on any atom is -0.394 e. The number of nitrogens with two attached hydrogens (primary N) is 1. The molecule has 0 aliphatic rings. The lowest BCUT2D eigenvalue weighted by Crippen LogP contribution is -2.16. The van der Waals surface area contributed by atoms with Crippen LogP contribution in [0.2, 0.25) is 0 Å². The lowest BCUT2D eigenvalue weighted by Gasteiger charge is -2.10. The third kappa shape index (κ3) is 3.22. The van der Waals surface area contributed by atoms with E-state index in [2.05, 4.69) is 4.90 Å². The average Bonchev–Trinajstić information content (AvgIpc) is 2.10. The Hall–Kier alpha value is -1.29. The normalized spacial score (nSPS) is 10.8. The van der Waals surface area contributed by atoms with Gasteiger partial charge >= 0.3 is 0 Å². The second-order valence-corrected chi connectivity index (χ2v) is 3.66. The molecular formula is C10H17N3O. The van der Waals surface area contributed by atoms with E-state index in [1.54, 1.807) is 12.4 Å². The van der Waals surface area contributed by atoms with Crippen LogP contribution in [0.15, 0.2) is 23.3 Å². The fourth-order valence-electron chi connectivity index (χ4n) is 1.25. The Morgan fingerprint density at radius 2 is 2.21 bits per heavy atom. The van der Waals surface area contributed by atoms with Crippen LogP contribution in [-0.4, -0.2) is 30.1 Å². The van der Waals surface area contributed by atoms with E-state index in [9.17, 15) is 4.79 Å². The van der Waals surface area contributed by atoms with Gasteiger partial charge in [-0.15, -0.1) is 0 Å². The van der Waals surface area contributed by atoms with Crippen LogP contribution in [-0.2, 0) is 6.54 Å². The molecule has 0 radical (unpaired) electrons. The Kier molecular flexibility index (Phi) is 3.71. The van der Waals surface area contributed by atoms with Crippen LogP contribution < -0.4 is 11.2 Å². The molecule has 0 aliphatic carbocycles. The average molecular weight is 195 g/mol. The third-order valence-corrected chi connectivity index (χ3v) is 2.03. The second-order valence-electron chi connectivity index (χ2n) is 3.66. The zero-order valence-electron chi connectivity index (χ0n) is 8.73. The molecule has 1 aromatic heterocycles. The molecule has 1 heterocycles. The molecule has 0 atom stereocenters. The summed E-state index contributed by atoms with van der Waals surface area (Å²) in [5.41, 5.74) is 5.72. The van der Waals surface area contributed by atoms with Crippen molar-refractivity contribution in [3.63, 3.8) is 0 Å². The second kappa shape index (κ2) is 4.81. The summed E-state index contributed by atoms with van der Waals surface area (Å²) >= 11 is 0. The van der Waals surface area contributed by atoms with Crippen LogP contribution in [0.4, 0.5) is 5.69 Å². The predicted molar refractivity (Wildman–Crippen MR) is 58.3 cm³/mol. The highest BCUT2D eigenvalue weighted by atomic mass is 16.1. The summed E-state index contributed by atoms with van der Waals surface area (Å²) in [6.07, 6.45) is 4.52. The molecule has 0 amide bonds. The van der Waals surface area contributed by atoms with E-state index in [1.807, 2.05) is 18.7 Å². The molecule has 78 valence electrons. The maximum Gasteiger partial charge on any atom is 0.204 e. The Labute approximate surface area is 83.9 Å².